The molecule has 4 rings (SSSR count). The number of hydrogen-bond donors (Lipinski definition) is 3. The maximum absolute atomic E-state index is 14.6. The second kappa shape index (κ2) is 11.6. The molecule has 202 valence electrons. The number of aromatic nitrogens is 2. The molecule has 1 saturated heterocycles. The number of rotatable bonds is 9. The van der Waals surface area contributed by atoms with E-state index in [0.717, 1.165) is 11.9 Å². The first-order chi connectivity index (χ1) is 18.2. The Labute approximate surface area is 221 Å². The van der Waals surface area contributed by atoms with E-state index in [2.05, 4.69) is 30.2 Å². The molecule has 2 heterocycles. The van der Waals surface area contributed by atoms with Gasteiger partial charge in [-0.05, 0) is 38.2 Å². The average Bonchev–Trinajstić information content (AvgIpc) is 2.92. The van der Waals surface area contributed by atoms with Crippen molar-refractivity contribution in [3.8, 4) is 5.75 Å². The molecule has 0 spiro atoms. The summed E-state index contributed by atoms with van der Waals surface area (Å²) < 4.78 is 47.4. The normalized spacial score (nSPS) is 13.8. The van der Waals surface area contributed by atoms with Crippen LogP contribution in [0.15, 0.2) is 53.6 Å². The summed E-state index contributed by atoms with van der Waals surface area (Å²) in [6.45, 7) is 6.58. The highest BCUT2D eigenvalue weighted by Gasteiger charge is 2.21. The number of anilines is 5. The van der Waals surface area contributed by atoms with Crippen LogP contribution in [0.2, 0.25) is 0 Å². The molecule has 2 aromatic carbocycles. The SMILES string of the molecule is CCOc1cc(N2CCN(C(C)=O)CC2)ccc1Nc1ncc(F)c(Nc2ccccc2S(=O)(=O)NC)n1. The van der Waals surface area contributed by atoms with Gasteiger partial charge in [-0.3, -0.25) is 4.79 Å². The average molecular weight is 544 g/mol. The summed E-state index contributed by atoms with van der Waals surface area (Å²) in [5, 5.41) is 5.82. The second-order valence-corrected chi connectivity index (χ2v) is 10.3. The van der Waals surface area contributed by atoms with Gasteiger partial charge in [-0.15, -0.1) is 0 Å². The zero-order valence-electron chi connectivity index (χ0n) is 21.4. The number of nitrogens with one attached hydrogen (secondary N) is 3. The molecule has 3 N–H and O–H groups in total. The summed E-state index contributed by atoms with van der Waals surface area (Å²) in [6.07, 6.45) is 0.996. The second-order valence-electron chi connectivity index (χ2n) is 8.45. The van der Waals surface area contributed by atoms with Gasteiger partial charge in [-0.1, -0.05) is 12.1 Å². The van der Waals surface area contributed by atoms with Gasteiger partial charge in [0.15, 0.2) is 11.6 Å². The molecule has 0 saturated carbocycles. The molecule has 1 aliphatic heterocycles. The fraction of sp³-hybridized carbons (Fsp3) is 0.320. The van der Waals surface area contributed by atoms with Gasteiger partial charge in [0.2, 0.25) is 21.9 Å². The highest BCUT2D eigenvalue weighted by atomic mass is 32.2. The van der Waals surface area contributed by atoms with E-state index in [1.54, 1.807) is 19.1 Å². The van der Waals surface area contributed by atoms with Crippen molar-refractivity contribution in [3.63, 3.8) is 0 Å². The van der Waals surface area contributed by atoms with E-state index in [-0.39, 0.29) is 28.3 Å². The van der Waals surface area contributed by atoms with Crippen LogP contribution in [0.25, 0.3) is 0 Å². The summed E-state index contributed by atoms with van der Waals surface area (Å²) in [5.74, 6) is -0.227. The molecule has 0 bridgehead atoms. The van der Waals surface area contributed by atoms with Crippen LogP contribution in [0.5, 0.6) is 5.75 Å². The molecule has 1 aliphatic rings. The molecule has 1 amide bonds. The lowest BCUT2D eigenvalue weighted by molar-refractivity contribution is -0.129. The Hall–Kier alpha value is -3.97. The molecule has 3 aromatic rings. The van der Waals surface area contributed by atoms with Crippen molar-refractivity contribution in [1.82, 2.24) is 19.6 Å². The van der Waals surface area contributed by atoms with Crippen molar-refractivity contribution in [1.29, 1.82) is 0 Å². The minimum absolute atomic E-state index is 0.0478. The van der Waals surface area contributed by atoms with E-state index in [1.807, 2.05) is 30.0 Å². The first-order valence-corrected chi connectivity index (χ1v) is 13.6. The lowest BCUT2D eigenvalue weighted by Crippen LogP contribution is -2.48. The predicted molar refractivity (Wildman–Crippen MR) is 143 cm³/mol. The molecule has 1 aromatic heterocycles. The summed E-state index contributed by atoms with van der Waals surface area (Å²) in [4.78, 5) is 23.8. The molecule has 1 fully saturated rings. The summed E-state index contributed by atoms with van der Waals surface area (Å²) in [7, 11) is -2.49. The zero-order valence-corrected chi connectivity index (χ0v) is 22.2. The zero-order chi connectivity index (χ0) is 27.3. The Morgan fingerprint density at radius 1 is 1.08 bits per heavy atom. The molecular formula is C25H30FN7O4S. The maximum atomic E-state index is 14.6. The minimum Gasteiger partial charge on any atom is -0.492 e. The number of benzene rings is 2. The Morgan fingerprint density at radius 2 is 1.82 bits per heavy atom. The van der Waals surface area contributed by atoms with Gasteiger partial charge < -0.3 is 25.2 Å². The molecule has 38 heavy (non-hydrogen) atoms. The number of sulfonamides is 1. The van der Waals surface area contributed by atoms with Crippen molar-refractivity contribution >= 4 is 44.8 Å². The highest BCUT2D eigenvalue weighted by Crippen LogP contribution is 2.33. The van der Waals surface area contributed by atoms with Crippen LogP contribution in [-0.2, 0) is 14.8 Å². The Kier molecular flexibility index (Phi) is 8.27. The molecular weight excluding hydrogens is 513 g/mol. The molecule has 13 heteroatoms. The topological polar surface area (TPSA) is 129 Å². The first kappa shape index (κ1) is 27.1. The Morgan fingerprint density at radius 3 is 2.50 bits per heavy atom. The minimum atomic E-state index is -3.79. The van der Waals surface area contributed by atoms with Gasteiger partial charge in [0, 0.05) is 44.9 Å². The maximum Gasteiger partial charge on any atom is 0.242 e. The third kappa shape index (κ3) is 6.11. The van der Waals surface area contributed by atoms with Crippen molar-refractivity contribution < 1.29 is 22.3 Å². The van der Waals surface area contributed by atoms with Crippen LogP contribution >= 0.6 is 0 Å². The molecule has 0 radical (unpaired) electrons. The first-order valence-electron chi connectivity index (χ1n) is 12.1. The molecule has 0 aliphatic carbocycles. The number of ether oxygens (including phenoxy) is 1. The summed E-state index contributed by atoms with van der Waals surface area (Å²) in [6, 6.07) is 11.8. The van der Waals surface area contributed by atoms with Gasteiger partial charge >= 0.3 is 0 Å². The number of para-hydroxylation sites is 1. The van der Waals surface area contributed by atoms with E-state index in [9.17, 15) is 17.6 Å². The lowest BCUT2D eigenvalue weighted by atomic mass is 10.2. The molecule has 0 atom stereocenters. The number of carbonyl (C=O) groups is 1. The van der Waals surface area contributed by atoms with Crippen LogP contribution in [0, 0.1) is 5.82 Å². The van der Waals surface area contributed by atoms with Crippen molar-refractivity contribution in [2.24, 2.45) is 0 Å². The van der Waals surface area contributed by atoms with Gasteiger partial charge in [0.25, 0.3) is 0 Å². The van der Waals surface area contributed by atoms with Gasteiger partial charge in [-0.25, -0.2) is 22.5 Å². The molecule has 0 unspecified atom stereocenters. The summed E-state index contributed by atoms with van der Waals surface area (Å²) >= 11 is 0. The molecule has 11 nitrogen and oxygen atoms in total. The van der Waals surface area contributed by atoms with Crippen LogP contribution in [0.3, 0.4) is 0 Å². The number of carbonyl (C=O) groups excluding carboxylic acids is 1. The van der Waals surface area contributed by atoms with Crippen molar-refractivity contribution in [2.45, 2.75) is 18.7 Å². The van der Waals surface area contributed by atoms with Crippen LogP contribution < -0.4 is 25.0 Å². The van der Waals surface area contributed by atoms with E-state index in [0.29, 0.717) is 44.2 Å². The quantitative estimate of drug-likeness (QED) is 0.373. The van der Waals surface area contributed by atoms with Gasteiger partial charge in [0.05, 0.1) is 24.2 Å². The fourth-order valence-corrected chi connectivity index (χ4v) is 4.93. The number of halogens is 1. The van der Waals surface area contributed by atoms with Gasteiger partial charge in [-0.2, -0.15) is 4.98 Å². The van der Waals surface area contributed by atoms with E-state index in [4.69, 9.17) is 4.74 Å². The standard InChI is InChI=1S/C25H30FN7O4S/c1-4-37-22-15-18(33-13-11-32(12-14-33)17(2)34)9-10-20(22)30-25-28-16-19(26)24(31-25)29-21-7-5-6-8-23(21)38(35,36)27-3/h5-10,15-16,27H,4,11-14H2,1-3H3,(H2,28,29,30,31). The summed E-state index contributed by atoms with van der Waals surface area (Å²) in [5.41, 5.74) is 1.69. The van der Waals surface area contributed by atoms with Gasteiger partial charge in [0.1, 0.15) is 10.6 Å². The third-order valence-corrected chi connectivity index (χ3v) is 7.52. The van der Waals surface area contributed by atoms with Crippen LogP contribution in [-0.4, -0.2) is 69.0 Å². The van der Waals surface area contributed by atoms with E-state index >= 15 is 0 Å². The number of nitrogens with zero attached hydrogens (tertiary/aromatic N) is 4. The highest BCUT2D eigenvalue weighted by molar-refractivity contribution is 7.89. The predicted octanol–water partition coefficient (Wildman–Crippen LogP) is 3.08. The van der Waals surface area contributed by atoms with Crippen LogP contribution in [0.4, 0.5) is 33.2 Å². The Bertz CT molecular complexity index is 1410. The largest absolute Gasteiger partial charge is 0.492 e. The van der Waals surface area contributed by atoms with E-state index < -0.39 is 15.8 Å². The number of amides is 1. The van der Waals surface area contributed by atoms with Crippen LogP contribution in [0.1, 0.15) is 13.8 Å². The number of piperazine rings is 1. The van der Waals surface area contributed by atoms with Crippen molar-refractivity contribution in [3.05, 3.63) is 54.5 Å². The Balaban J connectivity index is 1.56. The smallest absolute Gasteiger partial charge is 0.242 e. The number of hydrogen-bond acceptors (Lipinski definition) is 9. The third-order valence-electron chi connectivity index (χ3n) is 6.04. The van der Waals surface area contributed by atoms with Crippen molar-refractivity contribution in [2.75, 3.05) is 55.4 Å². The monoisotopic (exact) mass is 543 g/mol. The van der Waals surface area contributed by atoms with E-state index in [1.165, 1.54) is 19.2 Å². The lowest BCUT2D eigenvalue weighted by Gasteiger charge is -2.35. The fourth-order valence-electron chi connectivity index (χ4n) is 4.04.